The van der Waals surface area contributed by atoms with Gasteiger partial charge >= 0.3 is 0 Å². The van der Waals surface area contributed by atoms with Crippen LogP contribution in [0.1, 0.15) is 18.4 Å². The van der Waals surface area contributed by atoms with Gasteiger partial charge in [0.1, 0.15) is 30.4 Å². The third-order valence-corrected chi connectivity index (χ3v) is 7.29. The summed E-state index contributed by atoms with van der Waals surface area (Å²) in [6.07, 6.45) is 2.05. The first-order valence-corrected chi connectivity index (χ1v) is 13.1. The Morgan fingerprint density at radius 3 is 2.32 bits per heavy atom. The second-order valence-corrected chi connectivity index (χ2v) is 9.71. The number of nitrogens with one attached hydrogen (secondary N) is 1. The summed E-state index contributed by atoms with van der Waals surface area (Å²) in [6.45, 7) is 4.14. The van der Waals surface area contributed by atoms with Gasteiger partial charge in [0.05, 0.1) is 14.2 Å². The Labute approximate surface area is 222 Å². The van der Waals surface area contributed by atoms with Crippen molar-refractivity contribution in [2.75, 3.05) is 45.8 Å². The van der Waals surface area contributed by atoms with Gasteiger partial charge in [0.25, 0.3) is 0 Å². The Hall–Kier alpha value is -4.04. The highest BCUT2D eigenvalue weighted by atomic mass is 16.6. The fourth-order valence-corrected chi connectivity index (χ4v) is 5.20. The average molecular weight is 513 g/mol. The molecule has 0 bridgehead atoms. The molecule has 38 heavy (non-hydrogen) atoms. The van der Waals surface area contributed by atoms with E-state index in [2.05, 4.69) is 38.6 Å². The highest BCUT2D eigenvalue weighted by Gasteiger charge is 2.22. The molecular formula is C30H32N4O4. The van der Waals surface area contributed by atoms with Gasteiger partial charge in [-0.2, -0.15) is 0 Å². The van der Waals surface area contributed by atoms with E-state index < -0.39 is 0 Å². The second-order valence-electron chi connectivity index (χ2n) is 9.71. The second kappa shape index (κ2) is 10.8. The van der Waals surface area contributed by atoms with Crippen LogP contribution < -0.4 is 24.3 Å². The number of rotatable bonds is 7. The Balaban J connectivity index is 1.16. The minimum absolute atomic E-state index is 0.321. The lowest BCUT2D eigenvalue weighted by Crippen LogP contribution is -2.38. The van der Waals surface area contributed by atoms with Crippen LogP contribution in [0.4, 0.5) is 5.82 Å². The van der Waals surface area contributed by atoms with E-state index in [1.165, 1.54) is 5.56 Å². The van der Waals surface area contributed by atoms with Crippen molar-refractivity contribution in [2.24, 2.45) is 0 Å². The van der Waals surface area contributed by atoms with Crippen molar-refractivity contribution < 1.29 is 18.9 Å². The number of fused-ring (bicyclic) bond motifs is 2. The van der Waals surface area contributed by atoms with Crippen molar-refractivity contribution in [1.82, 2.24) is 15.1 Å². The first-order valence-electron chi connectivity index (χ1n) is 13.1. The number of aromatic nitrogens is 2. The number of piperidine rings is 1. The van der Waals surface area contributed by atoms with Crippen LogP contribution in [-0.2, 0) is 6.54 Å². The Morgan fingerprint density at radius 2 is 1.55 bits per heavy atom. The van der Waals surface area contributed by atoms with Crippen LogP contribution in [0.5, 0.6) is 23.0 Å². The first kappa shape index (κ1) is 24.3. The van der Waals surface area contributed by atoms with E-state index in [0.717, 1.165) is 83.3 Å². The fraction of sp³-hybridized carbons (Fsp3) is 0.333. The SMILES string of the molecule is COc1ccc(-c2nnc(NC3CCN(Cc4ccc5c(c4)OCCO5)CC3)c3cc(OC)ccc23)cc1. The number of hydrogen-bond donors (Lipinski definition) is 1. The van der Waals surface area contributed by atoms with Gasteiger partial charge < -0.3 is 24.3 Å². The number of methoxy groups -OCH3 is 2. The summed E-state index contributed by atoms with van der Waals surface area (Å²) in [6, 6.07) is 20.6. The third kappa shape index (κ3) is 5.04. The van der Waals surface area contributed by atoms with E-state index in [0.29, 0.717) is 19.3 Å². The van der Waals surface area contributed by atoms with Gasteiger partial charge in [-0.15, -0.1) is 10.2 Å². The minimum Gasteiger partial charge on any atom is -0.497 e. The van der Waals surface area contributed by atoms with Crippen molar-refractivity contribution in [3.63, 3.8) is 0 Å². The van der Waals surface area contributed by atoms with E-state index >= 15 is 0 Å². The topological polar surface area (TPSA) is 78.0 Å². The Bertz CT molecular complexity index is 1420. The molecule has 196 valence electrons. The van der Waals surface area contributed by atoms with E-state index in [4.69, 9.17) is 18.9 Å². The average Bonchev–Trinajstić information content (AvgIpc) is 2.98. The summed E-state index contributed by atoms with van der Waals surface area (Å²) in [7, 11) is 3.35. The molecule has 0 saturated carbocycles. The summed E-state index contributed by atoms with van der Waals surface area (Å²) in [5.74, 6) is 4.09. The largest absolute Gasteiger partial charge is 0.497 e. The number of anilines is 1. The zero-order valence-corrected chi connectivity index (χ0v) is 21.8. The maximum atomic E-state index is 5.75. The molecule has 1 N–H and O–H groups in total. The highest BCUT2D eigenvalue weighted by Crippen LogP contribution is 2.34. The van der Waals surface area contributed by atoms with Crippen molar-refractivity contribution >= 4 is 16.6 Å². The van der Waals surface area contributed by atoms with Gasteiger partial charge in [-0.3, -0.25) is 4.90 Å². The number of benzene rings is 3. The molecule has 1 aromatic heterocycles. The summed E-state index contributed by atoms with van der Waals surface area (Å²) < 4.78 is 22.3. The van der Waals surface area contributed by atoms with Gasteiger partial charge in [-0.1, -0.05) is 6.07 Å². The van der Waals surface area contributed by atoms with E-state index in [9.17, 15) is 0 Å². The molecule has 0 amide bonds. The molecule has 6 rings (SSSR count). The van der Waals surface area contributed by atoms with Crippen LogP contribution in [0.25, 0.3) is 22.0 Å². The van der Waals surface area contributed by atoms with E-state index in [1.807, 2.05) is 42.5 Å². The molecule has 0 radical (unpaired) electrons. The fourth-order valence-electron chi connectivity index (χ4n) is 5.20. The quantitative estimate of drug-likeness (QED) is 0.364. The van der Waals surface area contributed by atoms with Gasteiger partial charge in [0, 0.05) is 42.0 Å². The molecule has 0 unspecified atom stereocenters. The minimum atomic E-state index is 0.321. The van der Waals surface area contributed by atoms with Crippen LogP contribution in [0, 0.1) is 0 Å². The van der Waals surface area contributed by atoms with Gasteiger partial charge in [0.15, 0.2) is 17.3 Å². The van der Waals surface area contributed by atoms with Crippen molar-refractivity contribution in [1.29, 1.82) is 0 Å². The Morgan fingerprint density at radius 1 is 0.816 bits per heavy atom. The standard InChI is InChI=1S/C30H32N4O4/c1-35-23-6-4-21(5-7-23)29-25-9-8-24(36-2)18-26(25)30(33-32-29)31-22-11-13-34(14-12-22)19-20-3-10-27-28(17-20)38-16-15-37-27/h3-10,17-18,22H,11-16,19H2,1-2H3,(H,31,33). The molecule has 0 aliphatic carbocycles. The van der Waals surface area contributed by atoms with Gasteiger partial charge in [-0.25, -0.2) is 0 Å². The number of ether oxygens (including phenoxy) is 4. The molecule has 2 aliphatic heterocycles. The van der Waals surface area contributed by atoms with Crippen LogP contribution in [-0.4, -0.2) is 61.7 Å². The third-order valence-electron chi connectivity index (χ3n) is 7.29. The van der Waals surface area contributed by atoms with E-state index in [-0.39, 0.29) is 0 Å². The Kier molecular flexibility index (Phi) is 6.88. The van der Waals surface area contributed by atoms with Gasteiger partial charge in [0.2, 0.25) is 0 Å². The van der Waals surface area contributed by atoms with Gasteiger partial charge in [-0.05, 0) is 73.0 Å². The zero-order valence-electron chi connectivity index (χ0n) is 21.8. The lowest BCUT2D eigenvalue weighted by Gasteiger charge is -2.33. The maximum Gasteiger partial charge on any atom is 0.161 e. The van der Waals surface area contributed by atoms with Crippen LogP contribution in [0.2, 0.25) is 0 Å². The molecule has 4 aromatic rings. The maximum absolute atomic E-state index is 5.75. The van der Waals surface area contributed by atoms with Crippen LogP contribution >= 0.6 is 0 Å². The molecule has 1 fully saturated rings. The molecule has 0 atom stereocenters. The van der Waals surface area contributed by atoms with E-state index in [1.54, 1.807) is 14.2 Å². The number of likely N-dealkylation sites (tertiary alicyclic amines) is 1. The summed E-state index contributed by atoms with van der Waals surface area (Å²) in [5, 5.41) is 15.0. The predicted molar refractivity (Wildman–Crippen MR) is 147 cm³/mol. The zero-order chi connectivity index (χ0) is 25.9. The molecule has 0 spiro atoms. The monoisotopic (exact) mass is 512 g/mol. The normalized spacial score (nSPS) is 15.8. The first-order chi connectivity index (χ1) is 18.7. The molecule has 8 heteroatoms. The molecule has 3 aromatic carbocycles. The van der Waals surface area contributed by atoms with Crippen LogP contribution in [0.15, 0.2) is 60.7 Å². The smallest absolute Gasteiger partial charge is 0.161 e. The number of hydrogen-bond acceptors (Lipinski definition) is 8. The molecule has 3 heterocycles. The lowest BCUT2D eigenvalue weighted by atomic mass is 10.0. The molecule has 2 aliphatic rings. The van der Waals surface area contributed by atoms with Crippen LogP contribution in [0.3, 0.4) is 0 Å². The molecular weight excluding hydrogens is 480 g/mol. The summed E-state index contributed by atoms with van der Waals surface area (Å²) in [4.78, 5) is 2.49. The highest BCUT2D eigenvalue weighted by molar-refractivity contribution is 6.00. The molecule has 8 nitrogen and oxygen atoms in total. The van der Waals surface area contributed by atoms with Crippen molar-refractivity contribution in [3.8, 4) is 34.3 Å². The van der Waals surface area contributed by atoms with Crippen molar-refractivity contribution in [2.45, 2.75) is 25.4 Å². The lowest BCUT2D eigenvalue weighted by molar-refractivity contribution is 0.170. The predicted octanol–water partition coefficient (Wildman–Crippen LogP) is 5.16. The number of nitrogens with zero attached hydrogens (tertiary/aromatic N) is 3. The summed E-state index contributed by atoms with van der Waals surface area (Å²) >= 11 is 0. The molecule has 1 saturated heterocycles. The van der Waals surface area contributed by atoms with Crippen molar-refractivity contribution in [3.05, 3.63) is 66.2 Å². The summed E-state index contributed by atoms with van der Waals surface area (Å²) in [5.41, 5.74) is 3.08.